The highest BCUT2D eigenvalue weighted by Crippen LogP contribution is 2.48. The van der Waals surface area contributed by atoms with Crippen molar-refractivity contribution in [1.29, 1.82) is 0 Å². The number of carbonyl (C=O) groups excluding carboxylic acids is 2. The number of fused-ring (bicyclic) bond motifs is 1. The molecule has 2 aliphatic rings. The van der Waals surface area contributed by atoms with Crippen molar-refractivity contribution in [2.75, 3.05) is 0 Å². The van der Waals surface area contributed by atoms with Gasteiger partial charge in [-0.2, -0.15) is 13.2 Å². The van der Waals surface area contributed by atoms with Crippen LogP contribution < -0.4 is 5.73 Å². The van der Waals surface area contributed by atoms with Crippen molar-refractivity contribution >= 4 is 11.8 Å². The van der Waals surface area contributed by atoms with Gasteiger partial charge in [-0.25, -0.2) is 4.98 Å². The van der Waals surface area contributed by atoms with Crippen LogP contribution in [0.15, 0.2) is 18.2 Å². The molecular formula is C13H12F3N3O2. The number of alkyl halides is 3. The zero-order chi connectivity index (χ0) is 15.4. The highest BCUT2D eigenvalue weighted by Gasteiger charge is 2.56. The highest BCUT2D eigenvalue weighted by molar-refractivity contribution is 5.97. The number of hydrogen-bond donors (Lipinski definition) is 1. The molecule has 5 nitrogen and oxygen atoms in total. The Morgan fingerprint density at radius 3 is 2.62 bits per heavy atom. The first-order valence-corrected chi connectivity index (χ1v) is 6.45. The molecule has 3 rings (SSSR count). The van der Waals surface area contributed by atoms with Crippen molar-refractivity contribution < 1.29 is 22.8 Å². The number of piperidine rings is 1. The van der Waals surface area contributed by atoms with Crippen molar-refractivity contribution in [2.24, 2.45) is 11.7 Å². The number of primary amides is 1. The predicted octanol–water partition coefficient (Wildman–Crippen LogP) is 1.19. The van der Waals surface area contributed by atoms with Gasteiger partial charge in [-0.3, -0.25) is 9.59 Å². The average molecular weight is 299 g/mol. The summed E-state index contributed by atoms with van der Waals surface area (Å²) < 4.78 is 37.9. The number of amides is 2. The quantitative estimate of drug-likeness (QED) is 0.891. The Morgan fingerprint density at radius 1 is 1.29 bits per heavy atom. The fraction of sp³-hybridized carbons (Fsp3) is 0.462. The largest absolute Gasteiger partial charge is 0.433 e. The monoisotopic (exact) mass is 299 g/mol. The van der Waals surface area contributed by atoms with Gasteiger partial charge in [0.2, 0.25) is 5.91 Å². The van der Waals surface area contributed by atoms with Crippen molar-refractivity contribution in [2.45, 2.75) is 31.1 Å². The van der Waals surface area contributed by atoms with Crippen LogP contribution in [-0.2, 0) is 11.0 Å². The van der Waals surface area contributed by atoms with E-state index in [2.05, 4.69) is 4.98 Å². The van der Waals surface area contributed by atoms with Gasteiger partial charge in [0.15, 0.2) is 0 Å². The summed E-state index contributed by atoms with van der Waals surface area (Å²) >= 11 is 0. The Hall–Kier alpha value is -2.12. The molecule has 21 heavy (non-hydrogen) atoms. The van der Waals surface area contributed by atoms with E-state index in [1.54, 1.807) is 0 Å². The Balaban J connectivity index is 1.90. The average Bonchev–Trinajstić information content (AvgIpc) is 3.08. The van der Waals surface area contributed by atoms with Crippen LogP contribution >= 0.6 is 0 Å². The van der Waals surface area contributed by atoms with Gasteiger partial charge in [-0.1, -0.05) is 6.07 Å². The molecule has 2 heterocycles. The molecule has 2 N–H and O–H groups in total. The first kappa shape index (κ1) is 13.8. The minimum Gasteiger partial charge on any atom is -0.368 e. The second kappa shape index (κ2) is 4.44. The van der Waals surface area contributed by atoms with Gasteiger partial charge in [-0.15, -0.1) is 0 Å². The summed E-state index contributed by atoms with van der Waals surface area (Å²) in [5.74, 6) is -1.09. The molecule has 1 aliphatic heterocycles. The van der Waals surface area contributed by atoms with Crippen LogP contribution in [0.1, 0.15) is 29.0 Å². The maximum absolute atomic E-state index is 12.6. The summed E-state index contributed by atoms with van der Waals surface area (Å²) in [6.07, 6.45) is -3.38. The molecule has 8 heteroatoms. The first-order chi connectivity index (χ1) is 9.79. The standard InChI is InChI=1S/C13H12F3N3O2/c14-13(15,16)10-3-1-2-7(18-10)12(21)19-8-4-6(8)5-9(19)11(17)20/h1-3,6,8-9H,4-5H2,(H2,17,20). The SMILES string of the molecule is NC(=O)C1CC2CC2N1C(=O)c1cccc(C(F)(F)F)n1. The van der Waals surface area contributed by atoms with Crippen LogP contribution in [0.3, 0.4) is 0 Å². The lowest BCUT2D eigenvalue weighted by atomic mass is 10.1. The third-order valence-corrected chi connectivity index (χ3v) is 3.93. The van der Waals surface area contributed by atoms with E-state index in [-0.39, 0.29) is 17.7 Å². The second-order valence-corrected chi connectivity index (χ2v) is 5.34. The number of halogens is 3. The molecule has 0 aromatic carbocycles. The molecule has 0 radical (unpaired) electrons. The fourth-order valence-electron chi connectivity index (χ4n) is 2.85. The maximum Gasteiger partial charge on any atom is 0.433 e. The lowest BCUT2D eigenvalue weighted by Gasteiger charge is -2.25. The number of pyridine rings is 1. The number of rotatable bonds is 2. The number of aromatic nitrogens is 1. The smallest absolute Gasteiger partial charge is 0.368 e. The van der Waals surface area contributed by atoms with E-state index >= 15 is 0 Å². The molecule has 3 unspecified atom stereocenters. The van der Waals surface area contributed by atoms with E-state index in [4.69, 9.17) is 5.73 Å². The second-order valence-electron chi connectivity index (χ2n) is 5.34. The van der Waals surface area contributed by atoms with E-state index in [9.17, 15) is 22.8 Å². The molecule has 1 aliphatic carbocycles. The lowest BCUT2D eigenvalue weighted by molar-refractivity contribution is -0.141. The number of hydrogen-bond acceptors (Lipinski definition) is 3. The Morgan fingerprint density at radius 2 is 2.00 bits per heavy atom. The van der Waals surface area contributed by atoms with E-state index < -0.39 is 29.7 Å². The van der Waals surface area contributed by atoms with Crippen LogP contribution in [-0.4, -0.2) is 33.8 Å². The molecule has 1 aromatic heterocycles. The zero-order valence-electron chi connectivity index (χ0n) is 10.8. The molecular weight excluding hydrogens is 287 g/mol. The van der Waals surface area contributed by atoms with E-state index in [0.29, 0.717) is 6.42 Å². The summed E-state index contributed by atoms with van der Waals surface area (Å²) in [6, 6.07) is 2.28. The van der Waals surface area contributed by atoms with E-state index in [1.807, 2.05) is 0 Å². The molecule has 1 saturated heterocycles. The van der Waals surface area contributed by atoms with Gasteiger partial charge in [0.05, 0.1) is 0 Å². The molecule has 3 atom stereocenters. The Labute approximate surface area is 117 Å². The van der Waals surface area contributed by atoms with Crippen LogP contribution in [0.2, 0.25) is 0 Å². The predicted molar refractivity (Wildman–Crippen MR) is 64.9 cm³/mol. The van der Waals surface area contributed by atoms with Gasteiger partial charge in [0.1, 0.15) is 17.4 Å². The molecule has 0 spiro atoms. The summed E-state index contributed by atoms with van der Waals surface area (Å²) in [4.78, 5) is 28.4. The lowest BCUT2D eigenvalue weighted by Crippen LogP contribution is -2.46. The third-order valence-electron chi connectivity index (χ3n) is 3.93. The topological polar surface area (TPSA) is 76.3 Å². The van der Waals surface area contributed by atoms with Gasteiger partial charge < -0.3 is 10.6 Å². The minimum absolute atomic E-state index is 0.105. The number of carbonyl (C=O) groups is 2. The Bertz CT molecular complexity index is 617. The van der Waals surface area contributed by atoms with Gasteiger partial charge in [0.25, 0.3) is 5.91 Å². The highest BCUT2D eigenvalue weighted by atomic mass is 19.4. The first-order valence-electron chi connectivity index (χ1n) is 6.45. The molecule has 0 bridgehead atoms. The third kappa shape index (κ3) is 2.34. The number of nitrogens with zero attached hydrogens (tertiary/aromatic N) is 2. The van der Waals surface area contributed by atoms with Crippen LogP contribution in [0, 0.1) is 5.92 Å². The van der Waals surface area contributed by atoms with Crippen molar-refractivity contribution in [3.8, 4) is 0 Å². The molecule has 112 valence electrons. The summed E-state index contributed by atoms with van der Waals surface area (Å²) in [6.45, 7) is 0. The van der Waals surface area contributed by atoms with Gasteiger partial charge in [0, 0.05) is 6.04 Å². The molecule has 2 fully saturated rings. The number of likely N-dealkylation sites (tertiary alicyclic amines) is 1. The summed E-state index contributed by atoms with van der Waals surface area (Å²) in [5.41, 5.74) is 3.81. The summed E-state index contributed by atoms with van der Waals surface area (Å²) in [7, 11) is 0. The Kier molecular flexibility index (Phi) is 2.93. The maximum atomic E-state index is 12.6. The van der Waals surface area contributed by atoms with Crippen LogP contribution in [0.4, 0.5) is 13.2 Å². The molecule has 1 saturated carbocycles. The molecule has 2 amide bonds. The van der Waals surface area contributed by atoms with Crippen LogP contribution in [0.5, 0.6) is 0 Å². The van der Waals surface area contributed by atoms with Crippen molar-refractivity contribution in [3.63, 3.8) is 0 Å². The normalized spacial score (nSPS) is 27.4. The van der Waals surface area contributed by atoms with Crippen LogP contribution in [0.25, 0.3) is 0 Å². The van der Waals surface area contributed by atoms with Crippen molar-refractivity contribution in [3.05, 3.63) is 29.6 Å². The van der Waals surface area contributed by atoms with Gasteiger partial charge >= 0.3 is 6.18 Å². The van der Waals surface area contributed by atoms with E-state index in [1.165, 1.54) is 11.0 Å². The summed E-state index contributed by atoms with van der Waals surface area (Å²) in [5, 5.41) is 0. The fourth-order valence-corrected chi connectivity index (χ4v) is 2.85. The molecule has 1 aromatic rings. The number of nitrogens with two attached hydrogens (primary N) is 1. The zero-order valence-corrected chi connectivity index (χ0v) is 10.8. The van der Waals surface area contributed by atoms with Gasteiger partial charge in [-0.05, 0) is 30.9 Å². The van der Waals surface area contributed by atoms with Crippen molar-refractivity contribution in [1.82, 2.24) is 9.88 Å². The minimum atomic E-state index is -4.62. The van der Waals surface area contributed by atoms with E-state index in [0.717, 1.165) is 18.6 Å².